The van der Waals surface area contributed by atoms with Gasteiger partial charge in [-0.3, -0.25) is 9.59 Å². The number of ether oxygens (including phenoxy) is 1. The maximum atomic E-state index is 11.1. The van der Waals surface area contributed by atoms with E-state index in [2.05, 4.69) is 10.6 Å². The topological polar surface area (TPSA) is 67.4 Å². The van der Waals surface area contributed by atoms with Crippen LogP contribution in [0, 0.1) is 0 Å². The summed E-state index contributed by atoms with van der Waals surface area (Å²) in [4.78, 5) is 22.1. The van der Waals surface area contributed by atoms with Gasteiger partial charge in [0, 0.05) is 7.05 Å². The molecule has 0 rings (SSSR count). The molecular formula is C8H16N2O3. The summed E-state index contributed by atoms with van der Waals surface area (Å²) in [6.07, 6.45) is 0.0595. The summed E-state index contributed by atoms with van der Waals surface area (Å²) in [6.45, 7) is 2.06. The number of carbonyl (C=O) groups is 2. The Morgan fingerprint density at radius 1 is 1.38 bits per heavy atom. The van der Waals surface area contributed by atoms with Crippen LogP contribution in [0.2, 0.25) is 0 Å². The average Bonchev–Trinajstić information content (AvgIpc) is 2.13. The minimum absolute atomic E-state index is 0.0595. The summed E-state index contributed by atoms with van der Waals surface area (Å²) >= 11 is 0. The largest absolute Gasteiger partial charge is 0.466 e. The van der Waals surface area contributed by atoms with Gasteiger partial charge in [-0.15, -0.1) is 0 Å². The molecule has 0 bridgehead atoms. The van der Waals surface area contributed by atoms with Crippen molar-refractivity contribution in [2.75, 3.05) is 20.7 Å². The van der Waals surface area contributed by atoms with Crippen molar-refractivity contribution in [3.63, 3.8) is 0 Å². The van der Waals surface area contributed by atoms with E-state index in [9.17, 15) is 9.59 Å². The molecule has 0 aromatic rings. The molecule has 0 fully saturated rings. The molecule has 0 aliphatic heterocycles. The molecule has 1 amide bonds. The van der Waals surface area contributed by atoms with Crippen molar-refractivity contribution in [2.45, 2.75) is 19.4 Å². The van der Waals surface area contributed by atoms with Gasteiger partial charge in [0.05, 0.1) is 19.1 Å². The van der Waals surface area contributed by atoms with Gasteiger partial charge in [-0.2, -0.15) is 0 Å². The highest BCUT2D eigenvalue weighted by atomic mass is 16.5. The normalized spacial score (nSPS) is 11.9. The number of esters is 1. The first-order chi connectivity index (χ1) is 6.15. The van der Waals surface area contributed by atoms with Gasteiger partial charge in [0.25, 0.3) is 0 Å². The molecular weight excluding hydrogens is 172 g/mol. The Hall–Kier alpha value is -1.10. The Bertz CT molecular complexity index is 182. The van der Waals surface area contributed by atoms with E-state index in [4.69, 9.17) is 4.74 Å². The lowest BCUT2D eigenvalue weighted by Gasteiger charge is -2.12. The van der Waals surface area contributed by atoms with Gasteiger partial charge in [-0.1, -0.05) is 0 Å². The van der Waals surface area contributed by atoms with Crippen LogP contribution < -0.4 is 10.6 Å². The molecule has 5 nitrogen and oxygen atoms in total. The molecule has 0 aliphatic rings. The van der Waals surface area contributed by atoms with Gasteiger partial charge in [0.2, 0.25) is 5.91 Å². The number of rotatable bonds is 5. The highest BCUT2D eigenvalue weighted by Crippen LogP contribution is 1.94. The third-order valence-electron chi connectivity index (χ3n) is 1.59. The van der Waals surface area contributed by atoms with Crippen LogP contribution in [0.15, 0.2) is 0 Å². The van der Waals surface area contributed by atoms with Crippen LogP contribution in [0.4, 0.5) is 0 Å². The molecule has 0 saturated carbocycles. The molecule has 0 saturated heterocycles. The van der Waals surface area contributed by atoms with Gasteiger partial charge in [0.15, 0.2) is 0 Å². The first-order valence-electron chi connectivity index (χ1n) is 4.20. The summed E-state index contributed by atoms with van der Waals surface area (Å²) in [5.74, 6) is -0.582. The minimum Gasteiger partial charge on any atom is -0.466 e. The molecule has 0 aliphatic carbocycles. The maximum absolute atomic E-state index is 11.1. The molecule has 0 heterocycles. The van der Waals surface area contributed by atoms with Crippen molar-refractivity contribution >= 4 is 11.9 Å². The fraction of sp³-hybridized carbons (Fsp3) is 0.750. The quantitative estimate of drug-likeness (QED) is 0.558. The van der Waals surface area contributed by atoms with Gasteiger partial charge >= 0.3 is 5.97 Å². The number of nitrogens with one attached hydrogen (secondary N) is 2. The molecule has 0 radical (unpaired) electrons. The first kappa shape index (κ1) is 11.9. The van der Waals surface area contributed by atoms with Gasteiger partial charge in [-0.25, -0.2) is 0 Å². The summed E-state index contributed by atoms with van der Waals surface area (Å²) in [5, 5.41) is 5.18. The standard InChI is InChI=1S/C8H16N2O3/c1-4-13-7(11)5-6(9-2)8(12)10-3/h6,9H,4-5H2,1-3H3,(H,10,12). The second-order valence-electron chi connectivity index (χ2n) is 2.46. The lowest BCUT2D eigenvalue weighted by Crippen LogP contribution is -2.42. The van der Waals surface area contributed by atoms with Crippen molar-refractivity contribution < 1.29 is 14.3 Å². The Balaban J connectivity index is 3.97. The second-order valence-corrected chi connectivity index (χ2v) is 2.46. The fourth-order valence-corrected chi connectivity index (χ4v) is 0.887. The molecule has 0 aromatic heterocycles. The first-order valence-corrected chi connectivity index (χ1v) is 4.20. The fourth-order valence-electron chi connectivity index (χ4n) is 0.887. The maximum Gasteiger partial charge on any atom is 0.307 e. The van der Waals surface area contributed by atoms with Crippen molar-refractivity contribution in [1.29, 1.82) is 0 Å². The molecule has 76 valence electrons. The van der Waals surface area contributed by atoms with Crippen LogP contribution in [0.3, 0.4) is 0 Å². The molecule has 2 N–H and O–H groups in total. The van der Waals surface area contributed by atoms with E-state index >= 15 is 0 Å². The third kappa shape index (κ3) is 4.47. The van der Waals surface area contributed by atoms with Crippen LogP contribution >= 0.6 is 0 Å². The Labute approximate surface area is 77.8 Å². The summed E-state index contributed by atoms with van der Waals surface area (Å²) in [6, 6.07) is -0.510. The zero-order valence-electron chi connectivity index (χ0n) is 8.22. The van der Waals surface area contributed by atoms with E-state index in [0.29, 0.717) is 6.61 Å². The Kier molecular flexibility index (Phi) is 5.88. The number of hydrogen-bond acceptors (Lipinski definition) is 4. The van der Waals surface area contributed by atoms with Crippen molar-refractivity contribution in [3.05, 3.63) is 0 Å². The minimum atomic E-state index is -0.510. The highest BCUT2D eigenvalue weighted by molar-refractivity contribution is 5.86. The van der Waals surface area contributed by atoms with E-state index < -0.39 is 6.04 Å². The van der Waals surface area contributed by atoms with Crippen LogP contribution in [0.5, 0.6) is 0 Å². The SMILES string of the molecule is CCOC(=O)CC(NC)C(=O)NC. The van der Waals surface area contributed by atoms with Crippen molar-refractivity contribution in [2.24, 2.45) is 0 Å². The average molecular weight is 188 g/mol. The molecule has 0 aromatic carbocycles. The van der Waals surface area contributed by atoms with Gasteiger partial charge < -0.3 is 15.4 Å². The van der Waals surface area contributed by atoms with E-state index in [-0.39, 0.29) is 18.3 Å². The second kappa shape index (κ2) is 6.42. The summed E-state index contributed by atoms with van der Waals surface area (Å²) in [5.41, 5.74) is 0. The van der Waals surface area contributed by atoms with Crippen LogP contribution in [0.25, 0.3) is 0 Å². The van der Waals surface area contributed by atoms with Crippen LogP contribution in [0.1, 0.15) is 13.3 Å². The molecule has 1 atom stereocenters. The summed E-state index contributed by atoms with van der Waals surface area (Å²) < 4.78 is 4.71. The van der Waals surface area contributed by atoms with E-state index in [1.54, 1.807) is 14.0 Å². The third-order valence-corrected chi connectivity index (χ3v) is 1.59. The van der Waals surface area contributed by atoms with E-state index in [1.807, 2.05) is 0 Å². The number of hydrogen-bond donors (Lipinski definition) is 2. The number of likely N-dealkylation sites (N-methyl/N-ethyl adjacent to an activating group) is 2. The van der Waals surface area contributed by atoms with Crippen molar-refractivity contribution in [1.82, 2.24) is 10.6 Å². The van der Waals surface area contributed by atoms with Crippen molar-refractivity contribution in [3.8, 4) is 0 Å². The zero-order valence-corrected chi connectivity index (χ0v) is 8.22. The summed E-state index contributed by atoms with van der Waals surface area (Å²) in [7, 11) is 3.15. The molecule has 0 spiro atoms. The Morgan fingerprint density at radius 2 is 2.00 bits per heavy atom. The predicted molar refractivity (Wildman–Crippen MR) is 48.2 cm³/mol. The lowest BCUT2D eigenvalue weighted by molar-refractivity contribution is -0.145. The van der Waals surface area contributed by atoms with Crippen LogP contribution in [-0.4, -0.2) is 38.6 Å². The zero-order chi connectivity index (χ0) is 10.3. The molecule has 13 heavy (non-hydrogen) atoms. The predicted octanol–water partition coefficient (Wildman–Crippen LogP) is -0.726. The van der Waals surface area contributed by atoms with Gasteiger partial charge in [-0.05, 0) is 14.0 Å². The molecule has 5 heteroatoms. The van der Waals surface area contributed by atoms with E-state index in [0.717, 1.165) is 0 Å². The smallest absolute Gasteiger partial charge is 0.307 e. The number of amides is 1. The van der Waals surface area contributed by atoms with Gasteiger partial charge in [0.1, 0.15) is 0 Å². The highest BCUT2D eigenvalue weighted by Gasteiger charge is 2.19. The number of carbonyl (C=O) groups excluding carboxylic acids is 2. The van der Waals surface area contributed by atoms with Crippen LogP contribution in [-0.2, 0) is 14.3 Å². The molecule has 1 unspecified atom stereocenters. The van der Waals surface area contributed by atoms with E-state index in [1.165, 1.54) is 7.05 Å². The lowest BCUT2D eigenvalue weighted by atomic mass is 10.2. The monoisotopic (exact) mass is 188 g/mol. The Morgan fingerprint density at radius 3 is 2.38 bits per heavy atom.